The number of amides is 1. The highest BCUT2D eigenvalue weighted by Gasteiger charge is 1.97. The van der Waals surface area contributed by atoms with E-state index in [-0.39, 0.29) is 5.91 Å². The summed E-state index contributed by atoms with van der Waals surface area (Å²) in [5.74, 6) is -0.221. The Kier molecular flexibility index (Phi) is 4.83. The van der Waals surface area contributed by atoms with E-state index in [0.717, 1.165) is 31.6 Å². The average Bonchev–Trinajstić information content (AvgIpc) is 2.57. The van der Waals surface area contributed by atoms with E-state index in [2.05, 4.69) is 10.4 Å². The van der Waals surface area contributed by atoms with E-state index in [0.29, 0.717) is 6.42 Å². The van der Waals surface area contributed by atoms with Crippen LogP contribution in [0.3, 0.4) is 0 Å². The number of hydrogen-bond donors (Lipinski definition) is 2. The molecule has 0 bridgehead atoms. The second-order valence-corrected chi connectivity index (χ2v) is 3.55. The lowest BCUT2D eigenvalue weighted by molar-refractivity contribution is -0.118. The summed E-state index contributed by atoms with van der Waals surface area (Å²) >= 11 is 0. The fourth-order valence-corrected chi connectivity index (χ4v) is 1.34. The van der Waals surface area contributed by atoms with Gasteiger partial charge in [0.15, 0.2) is 0 Å². The Morgan fingerprint density at radius 2 is 2.40 bits per heavy atom. The van der Waals surface area contributed by atoms with Crippen molar-refractivity contribution in [2.75, 3.05) is 6.54 Å². The molecule has 1 heterocycles. The molecule has 0 unspecified atom stereocenters. The topological polar surface area (TPSA) is 72.9 Å². The molecule has 5 heteroatoms. The molecule has 84 valence electrons. The monoisotopic (exact) mass is 210 g/mol. The Labute approximate surface area is 89.6 Å². The Bertz CT molecular complexity index is 308. The lowest BCUT2D eigenvalue weighted by Gasteiger charge is -2.04. The molecule has 15 heavy (non-hydrogen) atoms. The molecule has 0 aliphatic carbocycles. The minimum atomic E-state index is -0.221. The molecular weight excluding hydrogens is 192 g/mol. The zero-order chi connectivity index (χ0) is 11.1. The number of aromatic nitrogens is 2. The van der Waals surface area contributed by atoms with Crippen molar-refractivity contribution in [3.63, 3.8) is 0 Å². The number of hydrogen-bond acceptors (Lipinski definition) is 3. The minimum Gasteiger partial charge on any atom is -0.370 e. The van der Waals surface area contributed by atoms with Crippen molar-refractivity contribution in [2.24, 2.45) is 12.8 Å². The fraction of sp³-hybridized carbons (Fsp3) is 0.600. The normalized spacial score (nSPS) is 10.5. The van der Waals surface area contributed by atoms with Crippen molar-refractivity contribution in [2.45, 2.75) is 25.8 Å². The van der Waals surface area contributed by atoms with Gasteiger partial charge in [0.1, 0.15) is 0 Å². The van der Waals surface area contributed by atoms with Crippen LogP contribution in [0.5, 0.6) is 0 Å². The van der Waals surface area contributed by atoms with E-state index in [1.165, 1.54) is 0 Å². The van der Waals surface area contributed by atoms with E-state index < -0.39 is 0 Å². The van der Waals surface area contributed by atoms with E-state index in [1.807, 2.05) is 17.8 Å². The van der Waals surface area contributed by atoms with E-state index in [1.54, 1.807) is 6.20 Å². The van der Waals surface area contributed by atoms with Gasteiger partial charge in [0, 0.05) is 26.2 Å². The molecule has 0 saturated heterocycles. The van der Waals surface area contributed by atoms with Crippen LogP contribution in [0.4, 0.5) is 0 Å². The number of carbonyl (C=O) groups is 1. The Balaban J connectivity index is 2.03. The molecule has 1 amide bonds. The Morgan fingerprint density at radius 1 is 1.60 bits per heavy atom. The second kappa shape index (κ2) is 6.19. The molecule has 1 rings (SSSR count). The summed E-state index contributed by atoms with van der Waals surface area (Å²) in [6, 6.07) is 1.98. The van der Waals surface area contributed by atoms with Crippen LogP contribution in [-0.2, 0) is 18.4 Å². The Morgan fingerprint density at radius 3 is 3.00 bits per heavy atom. The molecule has 1 aromatic heterocycles. The number of unbranched alkanes of at least 4 members (excludes halogenated alkanes) is 1. The highest BCUT2D eigenvalue weighted by atomic mass is 16.1. The third kappa shape index (κ3) is 4.60. The number of nitrogens with two attached hydrogens (primary N) is 1. The number of aryl methyl sites for hydroxylation is 1. The first-order chi connectivity index (χ1) is 7.20. The van der Waals surface area contributed by atoms with Crippen LogP contribution in [-0.4, -0.2) is 22.2 Å². The van der Waals surface area contributed by atoms with Crippen molar-refractivity contribution >= 4 is 5.91 Å². The first-order valence-corrected chi connectivity index (χ1v) is 5.16. The van der Waals surface area contributed by atoms with E-state index in [4.69, 9.17) is 5.73 Å². The first-order valence-electron chi connectivity index (χ1n) is 5.16. The molecule has 3 N–H and O–H groups in total. The number of primary amides is 1. The van der Waals surface area contributed by atoms with Gasteiger partial charge in [-0.3, -0.25) is 9.48 Å². The molecule has 0 atom stereocenters. The lowest BCUT2D eigenvalue weighted by Crippen LogP contribution is -2.17. The summed E-state index contributed by atoms with van der Waals surface area (Å²) in [4.78, 5) is 10.5. The molecule has 5 nitrogen and oxygen atoms in total. The minimum absolute atomic E-state index is 0.221. The van der Waals surface area contributed by atoms with Crippen molar-refractivity contribution < 1.29 is 4.79 Å². The van der Waals surface area contributed by atoms with Crippen LogP contribution in [0.15, 0.2) is 12.3 Å². The van der Waals surface area contributed by atoms with Crippen molar-refractivity contribution in [3.05, 3.63) is 18.0 Å². The van der Waals surface area contributed by atoms with Gasteiger partial charge in [-0.05, 0) is 25.5 Å². The number of nitrogens with one attached hydrogen (secondary N) is 1. The van der Waals surface area contributed by atoms with Gasteiger partial charge in [-0.1, -0.05) is 0 Å². The predicted molar refractivity (Wildman–Crippen MR) is 58.0 cm³/mol. The summed E-state index contributed by atoms with van der Waals surface area (Å²) in [6.07, 6.45) is 4.09. The van der Waals surface area contributed by atoms with Crippen molar-refractivity contribution in [3.8, 4) is 0 Å². The van der Waals surface area contributed by atoms with Gasteiger partial charge >= 0.3 is 0 Å². The largest absolute Gasteiger partial charge is 0.370 e. The van der Waals surface area contributed by atoms with Crippen LogP contribution < -0.4 is 11.1 Å². The number of rotatable bonds is 7. The smallest absolute Gasteiger partial charge is 0.217 e. The van der Waals surface area contributed by atoms with Gasteiger partial charge in [-0.25, -0.2) is 0 Å². The summed E-state index contributed by atoms with van der Waals surface area (Å²) in [6.45, 7) is 1.71. The summed E-state index contributed by atoms with van der Waals surface area (Å²) < 4.78 is 1.84. The van der Waals surface area contributed by atoms with E-state index in [9.17, 15) is 4.79 Å². The number of nitrogens with zero attached hydrogens (tertiary/aromatic N) is 2. The summed E-state index contributed by atoms with van der Waals surface area (Å²) in [7, 11) is 1.92. The van der Waals surface area contributed by atoms with Crippen LogP contribution in [0.1, 0.15) is 25.0 Å². The molecule has 0 spiro atoms. The maximum atomic E-state index is 10.5. The zero-order valence-corrected chi connectivity index (χ0v) is 9.07. The third-order valence-electron chi connectivity index (χ3n) is 2.26. The Hall–Kier alpha value is -1.36. The fourth-order valence-electron chi connectivity index (χ4n) is 1.34. The van der Waals surface area contributed by atoms with Gasteiger partial charge in [0.2, 0.25) is 5.91 Å². The third-order valence-corrected chi connectivity index (χ3v) is 2.26. The highest BCUT2D eigenvalue weighted by molar-refractivity contribution is 5.73. The molecule has 0 saturated carbocycles. The average molecular weight is 210 g/mol. The van der Waals surface area contributed by atoms with Gasteiger partial charge in [0.25, 0.3) is 0 Å². The molecule has 0 aromatic carbocycles. The SMILES string of the molecule is Cn1nccc1CNCCCCC(N)=O. The quantitative estimate of drug-likeness (QED) is 0.630. The molecular formula is C10H18N4O. The van der Waals surface area contributed by atoms with Crippen LogP contribution in [0.2, 0.25) is 0 Å². The van der Waals surface area contributed by atoms with E-state index >= 15 is 0 Å². The maximum Gasteiger partial charge on any atom is 0.217 e. The van der Waals surface area contributed by atoms with Crippen LogP contribution in [0.25, 0.3) is 0 Å². The molecule has 0 aliphatic rings. The molecule has 0 radical (unpaired) electrons. The van der Waals surface area contributed by atoms with Gasteiger partial charge in [-0.15, -0.1) is 0 Å². The van der Waals surface area contributed by atoms with Gasteiger partial charge < -0.3 is 11.1 Å². The summed E-state index contributed by atoms with van der Waals surface area (Å²) in [5, 5.41) is 7.36. The summed E-state index contributed by atoms with van der Waals surface area (Å²) in [5.41, 5.74) is 6.19. The predicted octanol–water partition coefficient (Wildman–Crippen LogP) is 0.165. The van der Waals surface area contributed by atoms with Crippen LogP contribution >= 0.6 is 0 Å². The maximum absolute atomic E-state index is 10.5. The molecule has 0 aliphatic heterocycles. The highest BCUT2D eigenvalue weighted by Crippen LogP contribution is 1.96. The molecule has 1 aromatic rings. The van der Waals surface area contributed by atoms with Crippen LogP contribution in [0, 0.1) is 0 Å². The van der Waals surface area contributed by atoms with Crippen molar-refractivity contribution in [1.29, 1.82) is 0 Å². The van der Waals surface area contributed by atoms with Gasteiger partial charge in [-0.2, -0.15) is 5.10 Å². The first kappa shape index (κ1) is 11.7. The standard InChI is InChI=1S/C10H18N4O/c1-14-9(5-7-13-14)8-12-6-3-2-4-10(11)15/h5,7,12H,2-4,6,8H2,1H3,(H2,11,15). The number of carbonyl (C=O) groups excluding carboxylic acids is 1. The van der Waals surface area contributed by atoms with Gasteiger partial charge in [0.05, 0.1) is 5.69 Å². The zero-order valence-electron chi connectivity index (χ0n) is 9.07. The molecule has 0 fully saturated rings. The second-order valence-electron chi connectivity index (χ2n) is 3.55. The lowest BCUT2D eigenvalue weighted by atomic mass is 10.2. The van der Waals surface area contributed by atoms with Crippen molar-refractivity contribution in [1.82, 2.24) is 15.1 Å².